The van der Waals surface area contributed by atoms with E-state index in [-0.39, 0.29) is 17.5 Å². The second-order valence-corrected chi connectivity index (χ2v) is 5.62. The molecule has 2 amide bonds. The highest BCUT2D eigenvalue weighted by Crippen LogP contribution is 2.20. The van der Waals surface area contributed by atoms with Gasteiger partial charge in [-0.25, -0.2) is 0 Å². The Bertz CT molecular complexity index is 913. The van der Waals surface area contributed by atoms with Crippen LogP contribution in [0.25, 0.3) is 0 Å². The van der Waals surface area contributed by atoms with Crippen molar-refractivity contribution in [2.45, 2.75) is 0 Å². The topological polar surface area (TPSA) is 71.1 Å². The normalized spacial score (nSPS) is 10.1. The molecule has 0 spiro atoms. The lowest BCUT2D eigenvalue weighted by Gasteiger charge is -2.11. The predicted octanol–water partition coefficient (Wildman–Crippen LogP) is 4.24. The largest absolute Gasteiger partial charge is 0.322 e. The number of hydrogen-bond acceptors (Lipinski definition) is 3. The minimum Gasteiger partial charge on any atom is -0.322 e. The Kier molecular flexibility index (Phi) is 5.06. The van der Waals surface area contributed by atoms with Crippen LogP contribution in [-0.4, -0.2) is 16.8 Å². The van der Waals surface area contributed by atoms with Crippen molar-refractivity contribution in [3.63, 3.8) is 0 Å². The lowest BCUT2D eigenvalue weighted by Crippen LogP contribution is -2.18. The average Bonchev–Trinajstić information content (AvgIpc) is 2.63. The summed E-state index contributed by atoms with van der Waals surface area (Å²) in [5.41, 5.74) is 1.58. The number of hydrogen-bond donors (Lipinski definition) is 2. The minimum atomic E-state index is -0.386. The molecule has 0 unspecified atom stereocenters. The maximum Gasteiger partial charge on any atom is 0.274 e. The molecule has 0 aliphatic rings. The van der Waals surface area contributed by atoms with Gasteiger partial charge in [0.2, 0.25) is 0 Å². The second kappa shape index (κ2) is 7.59. The van der Waals surface area contributed by atoms with Crippen LogP contribution in [0.1, 0.15) is 20.8 Å². The maximum absolute atomic E-state index is 12.5. The summed E-state index contributed by atoms with van der Waals surface area (Å²) < 4.78 is 0. The van der Waals surface area contributed by atoms with Gasteiger partial charge in [-0.2, -0.15) is 0 Å². The highest BCUT2D eigenvalue weighted by molar-refractivity contribution is 6.31. The third-order valence-corrected chi connectivity index (χ3v) is 3.64. The van der Waals surface area contributed by atoms with Crippen LogP contribution in [-0.2, 0) is 0 Å². The van der Waals surface area contributed by atoms with Crippen molar-refractivity contribution < 1.29 is 9.59 Å². The molecule has 0 aliphatic carbocycles. The molecule has 124 valence electrons. The van der Waals surface area contributed by atoms with Crippen LogP contribution < -0.4 is 10.6 Å². The fraction of sp³-hybridized carbons (Fsp3) is 0. The number of amides is 2. The van der Waals surface area contributed by atoms with Crippen molar-refractivity contribution in [2.24, 2.45) is 0 Å². The van der Waals surface area contributed by atoms with E-state index in [0.29, 0.717) is 22.0 Å². The maximum atomic E-state index is 12.5. The molecule has 0 atom stereocenters. The van der Waals surface area contributed by atoms with Crippen LogP contribution in [0.2, 0.25) is 5.02 Å². The molecule has 1 heterocycles. The zero-order valence-electron chi connectivity index (χ0n) is 13.1. The third-order valence-electron chi connectivity index (χ3n) is 3.40. The van der Waals surface area contributed by atoms with Crippen molar-refractivity contribution >= 4 is 34.8 Å². The summed E-state index contributed by atoms with van der Waals surface area (Å²) in [7, 11) is 0. The number of carbonyl (C=O) groups excluding carboxylic acids is 2. The van der Waals surface area contributed by atoms with Gasteiger partial charge in [0.25, 0.3) is 11.8 Å². The van der Waals surface area contributed by atoms with E-state index in [1.54, 1.807) is 66.7 Å². The molecule has 2 aromatic carbocycles. The monoisotopic (exact) mass is 351 g/mol. The predicted molar refractivity (Wildman–Crippen MR) is 98.0 cm³/mol. The van der Waals surface area contributed by atoms with Gasteiger partial charge >= 0.3 is 0 Å². The number of nitrogens with zero attached hydrogens (tertiary/aromatic N) is 1. The zero-order chi connectivity index (χ0) is 17.6. The average molecular weight is 352 g/mol. The molecule has 1 aromatic heterocycles. The van der Waals surface area contributed by atoms with Gasteiger partial charge < -0.3 is 10.6 Å². The molecular weight excluding hydrogens is 338 g/mol. The molecule has 0 saturated carbocycles. The van der Waals surface area contributed by atoms with Crippen molar-refractivity contribution in [2.75, 3.05) is 10.6 Å². The standard InChI is InChI=1S/C19H14ClN3O2/c20-13-6-5-7-14(12-13)22-18(24)15-8-1-2-9-16(15)23-19(25)17-10-3-4-11-21-17/h1-12H,(H,22,24)(H,23,25). The number of pyridine rings is 1. The summed E-state index contributed by atoms with van der Waals surface area (Å²) in [6.45, 7) is 0. The molecule has 0 saturated heterocycles. The summed E-state index contributed by atoms with van der Waals surface area (Å²) in [6, 6.07) is 18.7. The molecular formula is C19H14ClN3O2. The molecule has 25 heavy (non-hydrogen) atoms. The Morgan fingerprint density at radius 1 is 0.840 bits per heavy atom. The number of anilines is 2. The minimum absolute atomic E-state index is 0.271. The van der Waals surface area contributed by atoms with Crippen LogP contribution >= 0.6 is 11.6 Å². The first-order valence-electron chi connectivity index (χ1n) is 7.52. The van der Waals surface area contributed by atoms with Gasteiger partial charge in [0.05, 0.1) is 11.3 Å². The molecule has 3 aromatic rings. The van der Waals surface area contributed by atoms with E-state index in [2.05, 4.69) is 15.6 Å². The summed E-state index contributed by atoms with van der Waals surface area (Å²) in [4.78, 5) is 28.8. The van der Waals surface area contributed by atoms with E-state index in [9.17, 15) is 9.59 Å². The van der Waals surface area contributed by atoms with Crippen LogP contribution in [0.15, 0.2) is 72.9 Å². The van der Waals surface area contributed by atoms with E-state index in [0.717, 1.165) is 0 Å². The first-order valence-corrected chi connectivity index (χ1v) is 7.89. The molecule has 5 nitrogen and oxygen atoms in total. The van der Waals surface area contributed by atoms with Crippen molar-refractivity contribution in [1.29, 1.82) is 0 Å². The van der Waals surface area contributed by atoms with Crippen LogP contribution in [0.3, 0.4) is 0 Å². The third kappa shape index (κ3) is 4.22. The van der Waals surface area contributed by atoms with Gasteiger partial charge in [0, 0.05) is 16.9 Å². The first-order chi connectivity index (χ1) is 12.1. The fourth-order valence-electron chi connectivity index (χ4n) is 2.24. The highest BCUT2D eigenvalue weighted by atomic mass is 35.5. The zero-order valence-corrected chi connectivity index (χ0v) is 13.8. The van der Waals surface area contributed by atoms with Crippen molar-refractivity contribution in [3.05, 3.63) is 89.2 Å². The fourth-order valence-corrected chi connectivity index (χ4v) is 2.43. The SMILES string of the molecule is O=C(Nc1ccccc1C(=O)Nc1cccc(Cl)c1)c1ccccn1. The smallest absolute Gasteiger partial charge is 0.274 e. The van der Waals surface area contributed by atoms with E-state index in [1.807, 2.05) is 0 Å². The van der Waals surface area contributed by atoms with Gasteiger partial charge in [-0.1, -0.05) is 35.9 Å². The number of rotatable bonds is 4. The number of carbonyl (C=O) groups is 2. The Balaban J connectivity index is 1.81. The molecule has 0 bridgehead atoms. The number of benzene rings is 2. The van der Waals surface area contributed by atoms with Crippen molar-refractivity contribution in [3.8, 4) is 0 Å². The Morgan fingerprint density at radius 3 is 2.40 bits per heavy atom. The Morgan fingerprint density at radius 2 is 1.64 bits per heavy atom. The van der Waals surface area contributed by atoms with Gasteiger partial charge in [-0.3, -0.25) is 14.6 Å². The summed E-state index contributed by atoms with van der Waals surface area (Å²) in [5.74, 6) is -0.734. The quantitative estimate of drug-likeness (QED) is 0.738. The van der Waals surface area contributed by atoms with E-state index in [4.69, 9.17) is 11.6 Å². The van der Waals surface area contributed by atoms with Gasteiger partial charge in [0.1, 0.15) is 5.69 Å². The molecule has 0 radical (unpaired) electrons. The van der Waals surface area contributed by atoms with E-state index >= 15 is 0 Å². The van der Waals surface area contributed by atoms with E-state index in [1.165, 1.54) is 6.20 Å². The van der Waals surface area contributed by atoms with Gasteiger partial charge in [0.15, 0.2) is 0 Å². The number of aromatic nitrogens is 1. The number of nitrogens with one attached hydrogen (secondary N) is 2. The van der Waals surface area contributed by atoms with Crippen LogP contribution in [0.5, 0.6) is 0 Å². The van der Waals surface area contributed by atoms with Crippen LogP contribution in [0, 0.1) is 0 Å². The lowest BCUT2D eigenvalue weighted by atomic mass is 10.1. The first kappa shape index (κ1) is 16.7. The summed E-state index contributed by atoms with van der Waals surface area (Å²) >= 11 is 5.93. The molecule has 0 aliphatic heterocycles. The van der Waals surface area contributed by atoms with E-state index < -0.39 is 0 Å². The summed E-state index contributed by atoms with van der Waals surface area (Å²) in [5, 5.41) is 6.00. The molecule has 0 fully saturated rings. The molecule has 2 N–H and O–H groups in total. The number of para-hydroxylation sites is 1. The van der Waals surface area contributed by atoms with Gasteiger partial charge in [-0.05, 0) is 42.5 Å². The van der Waals surface area contributed by atoms with Gasteiger partial charge in [-0.15, -0.1) is 0 Å². The van der Waals surface area contributed by atoms with Crippen molar-refractivity contribution in [1.82, 2.24) is 4.98 Å². The lowest BCUT2D eigenvalue weighted by molar-refractivity contribution is 0.102. The summed E-state index contributed by atoms with van der Waals surface area (Å²) in [6.07, 6.45) is 1.53. The Labute approximate surface area is 149 Å². The highest BCUT2D eigenvalue weighted by Gasteiger charge is 2.14. The second-order valence-electron chi connectivity index (χ2n) is 5.18. The van der Waals surface area contributed by atoms with Crippen LogP contribution in [0.4, 0.5) is 11.4 Å². The molecule has 3 rings (SSSR count). The Hall–Kier alpha value is -3.18. The molecule has 6 heteroatoms. The number of halogens is 1.